The normalized spacial score (nSPS) is 21.0. The third kappa shape index (κ3) is 18.9. The molecule has 3 unspecified atom stereocenters. The molecule has 3 fully saturated rings. The lowest BCUT2D eigenvalue weighted by molar-refractivity contribution is -0.138. The van der Waals surface area contributed by atoms with Crippen LogP contribution in [-0.2, 0) is 74.0 Å². The molecule has 0 amide bonds. The molecule has 6 aliphatic rings. The second-order valence-corrected chi connectivity index (χ2v) is 41.3. The highest BCUT2D eigenvalue weighted by Crippen LogP contribution is 2.56. The van der Waals surface area contributed by atoms with Crippen LogP contribution in [0.3, 0.4) is 0 Å². The maximum atomic E-state index is 14.5. The van der Waals surface area contributed by atoms with E-state index in [4.69, 9.17) is 0 Å². The van der Waals surface area contributed by atoms with Gasteiger partial charge in [0.2, 0.25) is 10.9 Å². The van der Waals surface area contributed by atoms with E-state index >= 15 is 0 Å². The molecule has 0 spiro atoms. The number of aryl methyl sites for hydroxylation is 1. The quantitative estimate of drug-likeness (QED) is 0.0311. The number of benzene rings is 5. The summed E-state index contributed by atoms with van der Waals surface area (Å²) in [5, 5.41) is 17.1. The van der Waals surface area contributed by atoms with Gasteiger partial charge in [0.05, 0.1) is 115 Å². The van der Waals surface area contributed by atoms with Crippen LogP contribution in [0.1, 0.15) is 138 Å². The number of alkyl halides is 12. The molecular weight excluding hydrogens is 1890 g/mol. The average molecular weight is 1970 g/mol. The van der Waals surface area contributed by atoms with Gasteiger partial charge in [0.1, 0.15) is 71.7 Å². The summed E-state index contributed by atoms with van der Waals surface area (Å²) in [7, 11) is -8.55. The summed E-state index contributed by atoms with van der Waals surface area (Å²) in [6.45, 7) is -3.53. The van der Waals surface area contributed by atoms with E-state index in [0.717, 1.165) is 60.9 Å². The van der Waals surface area contributed by atoms with E-state index in [2.05, 4.69) is 57.9 Å². The van der Waals surface area contributed by atoms with Crippen molar-refractivity contribution in [2.75, 3.05) is 39.7 Å². The monoisotopic (exact) mass is 1970 g/mol. The molecule has 136 heavy (non-hydrogen) atoms. The molecule has 9 atom stereocenters. The SMILES string of the molecule is C=S(=O)(c1ccc(F)cc1)N(CCF)[C@H]1CCC2=Cc3c(cnn3-c3ccc(F)cc3)C[C@]2(C(=O)c2cc(C(F)(F)F)ccn2)C1.C=S(=O)(c1ccc(F)cc1)N(CCF)[C@H]1CCC2=Cc3c(cnn3-c3ccc(F)cc3)C[C@]2(C(=O)c2ncc(C(F)(F)F)s2)C1.C=S(=O)(c1ncn(C)n1)N(CCF)[C@H]1CCC2=Cc3c(cnn3-c3ccc(F)cc3)C[C@]2(C(=O)c2cc(C(F)(F)F)ccn2)C1. The Morgan fingerprint density at radius 2 is 0.757 bits per heavy atom. The van der Waals surface area contributed by atoms with Crippen LogP contribution in [0.4, 0.5) is 74.6 Å². The molecule has 0 saturated heterocycles. The topological polar surface area (TPSA) is 235 Å². The van der Waals surface area contributed by atoms with Crippen LogP contribution in [0.25, 0.3) is 35.3 Å². The fraction of sp³-hybridized carbons (Fsp3) is 0.298. The first-order valence-corrected chi connectivity index (χ1v) is 48.2. The lowest BCUT2D eigenvalue weighted by atomic mass is 9.60. The minimum Gasteiger partial charge on any atom is -0.291 e. The predicted molar refractivity (Wildman–Crippen MR) is 477 cm³/mol. The van der Waals surface area contributed by atoms with E-state index in [1.54, 1.807) is 94.3 Å². The number of carbonyl (C=O) groups is 3. The zero-order chi connectivity index (χ0) is 97.2. The number of fused-ring (bicyclic) bond motifs is 6. The van der Waals surface area contributed by atoms with Gasteiger partial charge in [-0.25, -0.2) is 84.7 Å². The zero-order valence-corrected chi connectivity index (χ0v) is 75.2. The third-order valence-electron chi connectivity index (χ3n) is 25.5. The molecule has 42 heteroatoms. The van der Waals surface area contributed by atoms with Gasteiger partial charge in [0.15, 0.2) is 16.6 Å². The van der Waals surface area contributed by atoms with Crippen molar-refractivity contribution >= 4 is 93.6 Å². The summed E-state index contributed by atoms with van der Waals surface area (Å²) in [5.74, 6) is 7.34. The van der Waals surface area contributed by atoms with Crippen LogP contribution in [-0.4, -0.2) is 177 Å². The fourth-order valence-electron chi connectivity index (χ4n) is 19.1. The van der Waals surface area contributed by atoms with E-state index in [0.29, 0.717) is 93.0 Å². The van der Waals surface area contributed by atoms with Crippen molar-refractivity contribution < 1.29 is 102 Å². The molecule has 3 saturated carbocycles. The largest absolute Gasteiger partial charge is 0.427 e. The van der Waals surface area contributed by atoms with Gasteiger partial charge in [-0.15, -0.1) is 16.4 Å². The van der Waals surface area contributed by atoms with E-state index < -0.39 is 164 Å². The maximum Gasteiger partial charge on any atom is 0.427 e. The number of hydrogen-bond acceptors (Lipinski definition) is 15. The second kappa shape index (κ2) is 37.7. The number of Topliss-reactive ketones (excluding diaryl/α,β-unsaturated/α-hetero) is 3. The number of aromatic nitrogens is 12. The molecule has 12 aromatic rings. The number of hydrogen-bond donors (Lipinski definition) is 0. The van der Waals surface area contributed by atoms with Crippen molar-refractivity contribution in [3.05, 3.63) is 301 Å². The van der Waals surface area contributed by atoms with E-state index in [1.807, 2.05) is 0 Å². The second-order valence-electron chi connectivity index (χ2n) is 33.7. The first kappa shape index (κ1) is 96.9. The first-order valence-electron chi connectivity index (χ1n) is 42.3. The number of allylic oxidation sites excluding steroid dienone is 3. The Morgan fingerprint density at radius 3 is 1.06 bits per heavy atom. The van der Waals surface area contributed by atoms with Gasteiger partial charge in [0, 0.05) is 67.0 Å². The highest BCUT2D eigenvalue weighted by atomic mass is 32.2. The molecule has 21 nitrogen and oxygen atoms in total. The molecule has 6 aliphatic carbocycles. The van der Waals surface area contributed by atoms with Gasteiger partial charge >= 0.3 is 18.5 Å². The van der Waals surface area contributed by atoms with Gasteiger partial charge in [-0.2, -0.15) is 54.8 Å². The van der Waals surface area contributed by atoms with Crippen LogP contribution in [0, 0.1) is 45.3 Å². The number of thiazole rings is 1. The Balaban J connectivity index is 0.000000148. The summed E-state index contributed by atoms with van der Waals surface area (Å²) >= 11 is 0.253. The zero-order valence-electron chi connectivity index (χ0n) is 71.9. The van der Waals surface area contributed by atoms with Gasteiger partial charge in [-0.3, -0.25) is 29.0 Å². The van der Waals surface area contributed by atoms with Crippen molar-refractivity contribution in [3.63, 3.8) is 0 Å². The molecule has 0 bridgehead atoms. The highest BCUT2D eigenvalue weighted by molar-refractivity contribution is 7.98. The average Bonchev–Trinajstić information content (AvgIpc) is 1.45. The Hall–Kier alpha value is -12.2. The summed E-state index contributed by atoms with van der Waals surface area (Å²) in [6.07, 6.45) is 1.65. The van der Waals surface area contributed by atoms with Crippen molar-refractivity contribution in [2.24, 2.45) is 23.3 Å². The lowest BCUT2D eigenvalue weighted by Gasteiger charge is -2.47. The number of pyridine rings is 2. The predicted octanol–water partition coefficient (Wildman–Crippen LogP) is 18.7. The molecule has 7 heterocycles. The Labute approximate surface area is 772 Å². The summed E-state index contributed by atoms with van der Waals surface area (Å²) in [6, 6.07) is 27.8. The minimum atomic E-state index is -4.72. The third-order valence-corrected chi connectivity index (χ3v) is 33.1. The Kier molecular flexibility index (Phi) is 26.9. The summed E-state index contributed by atoms with van der Waals surface area (Å²) in [5.41, 5.74) is 0.314. The number of nitrogens with zero attached hydrogens (tertiary/aromatic N) is 15. The van der Waals surface area contributed by atoms with Gasteiger partial charge in [-0.05, 0) is 275 Å². The molecule has 7 aromatic heterocycles. The summed E-state index contributed by atoms with van der Waals surface area (Å²) < 4.78 is 285. The summed E-state index contributed by atoms with van der Waals surface area (Å²) in [4.78, 5) is 58.6. The maximum absolute atomic E-state index is 14.5. The van der Waals surface area contributed by atoms with E-state index in [9.17, 15) is 102 Å². The van der Waals surface area contributed by atoms with E-state index in [-0.39, 0.29) is 120 Å². The van der Waals surface area contributed by atoms with Crippen LogP contribution in [0.2, 0.25) is 0 Å². The van der Waals surface area contributed by atoms with Gasteiger partial charge in [-0.1, -0.05) is 16.7 Å². The van der Waals surface area contributed by atoms with Crippen molar-refractivity contribution in [1.29, 1.82) is 0 Å². The van der Waals surface area contributed by atoms with Crippen molar-refractivity contribution in [2.45, 2.75) is 129 Å². The Morgan fingerprint density at radius 1 is 0.434 bits per heavy atom. The molecular formula is C94H82F17N15O6S4. The number of ketones is 3. The number of halogens is 17. The molecule has 0 N–H and O–H groups in total. The minimum absolute atomic E-state index is 0.00387. The highest BCUT2D eigenvalue weighted by Gasteiger charge is 2.56. The first-order chi connectivity index (χ1) is 64.5. The van der Waals surface area contributed by atoms with Crippen LogP contribution in [0.15, 0.2) is 221 Å². The van der Waals surface area contributed by atoms with Crippen LogP contribution < -0.4 is 0 Å². The molecule has 5 aromatic carbocycles. The number of carbonyl (C=O) groups excluding carboxylic acids is 3. The van der Waals surface area contributed by atoms with Crippen molar-refractivity contribution in [1.82, 2.24) is 72.0 Å². The molecule has 0 radical (unpaired) electrons. The van der Waals surface area contributed by atoms with Gasteiger partial charge < -0.3 is 0 Å². The Bertz CT molecular complexity index is 7020. The van der Waals surface area contributed by atoms with E-state index in [1.165, 1.54) is 84.6 Å². The van der Waals surface area contributed by atoms with Crippen molar-refractivity contribution in [3.8, 4) is 17.1 Å². The smallest absolute Gasteiger partial charge is 0.291 e. The van der Waals surface area contributed by atoms with Gasteiger partial charge in [0.25, 0.3) is 0 Å². The van der Waals surface area contributed by atoms with Crippen LogP contribution >= 0.6 is 11.3 Å². The molecule has 712 valence electrons. The molecule has 0 aliphatic heterocycles. The van der Waals surface area contributed by atoms with Crippen LogP contribution in [0.5, 0.6) is 0 Å². The number of rotatable bonds is 24. The standard InChI is InChI=1S/C33H28F6N4O2S.C31H26F6N4O2S2.C30H28F5N7O2S/c1-46(45,28-10-5-25(36)6-11-28)42(15-13-34)27-7-2-22-17-30-21(20-41-43(30)26-8-3-24(35)4-9-26)18-32(22,19-27)31(44)29-16-23(12-14-40-29)33(37,38)39;1-45(43,25-10-5-22(34)6-11-25)40(13-12-32)24-7-2-20-14-26-19(17-39-41(26)23-8-3-21(33)4-9-23)15-30(20,16-24)28(42)29-38-18-27(44-29)31(35,36)37;1-40-18-37-28(39-40)45(2,44)41(12-10-31)24-6-3-20-14-26-19(17-38-42(26)23-7-4-22(32)5-8-23)15-29(20,16-24)27(43)25-13-21(9-11-36-25)30(33,34)35/h3-6,8-12,14,16-17,20,27H,1-2,7,13,15,18-19H2;3-6,8-11,14,17-18,24H,1-2,7,12-13,15-16H2;4-5,7-9,11,13-14,17-18,24H,2-3,6,10,12,15-16H2,1H3/t27-,32-,46?;24-,30-,45?;24-,29-,45?/m000/s1. The molecule has 18 rings (SSSR count). The fourth-order valence-corrected chi connectivity index (χ4v) is 25.4. The lowest BCUT2D eigenvalue weighted by Crippen LogP contribution is -2.51.